The van der Waals surface area contributed by atoms with E-state index >= 15 is 0 Å². The van der Waals surface area contributed by atoms with Crippen molar-refractivity contribution in [3.05, 3.63) is 23.3 Å². The second-order valence-electron chi connectivity index (χ2n) is 3.80. The summed E-state index contributed by atoms with van der Waals surface area (Å²) in [5.74, 6) is 0.400. The minimum Gasteiger partial charge on any atom is -0.507 e. The van der Waals surface area contributed by atoms with Crippen LogP contribution in [-0.2, 0) is 13.0 Å². The monoisotopic (exact) mass is 192 g/mol. The predicted molar refractivity (Wildman–Crippen MR) is 57.6 cm³/mol. The molecule has 1 aliphatic heterocycles. The van der Waals surface area contributed by atoms with Crippen LogP contribution in [0.1, 0.15) is 17.5 Å². The minimum atomic E-state index is 0.400. The average molecular weight is 192 g/mol. The van der Waals surface area contributed by atoms with E-state index in [4.69, 9.17) is 5.73 Å². The third-order valence-corrected chi connectivity index (χ3v) is 2.89. The van der Waals surface area contributed by atoms with Gasteiger partial charge in [-0.05, 0) is 18.9 Å². The first-order valence-corrected chi connectivity index (χ1v) is 4.99. The highest BCUT2D eigenvalue weighted by Gasteiger charge is 2.18. The van der Waals surface area contributed by atoms with E-state index in [-0.39, 0.29) is 0 Å². The van der Waals surface area contributed by atoms with Crippen LogP contribution in [0.5, 0.6) is 5.75 Å². The van der Waals surface area contributed by atoms with Crippen LogP contribution in [0.25, 0.3) is 0 Å². The largest absolute Gasteiger partial charge is 0.507 e. The molecule has 0 atom stereocenters. The molecule has 0 unspecified atom stereocenters. The number of phenolic OH excluding ortho intramolecular Hbond substituents is 1. The summed E-state index contributed by atoms with van der Waals surface area (Å²) < 4.78 is 0. The molecule has 0 aliphatic carbocycles. The van der Waals surface area contributed by atoms with Gasteiger partial charge in [0.1, 0.15) is 5.75 Å². The Kier molecular flexibility index (Phi) is 2.33. The number of rotatable bonds is 1. The van der Waals surface area contributed by atoms with E-state index in [1.165, 1.54) is 0 Å². The van der Waals surface area contributed by atoms with Crippen LogP contribution in [-0.4, -0.2) is 18.7 Å². The van der Waals surface area contributed by atoms with Crippen molar-refractivity contribution < 1.29 is 5.11 Å². The van der Waals surface area contributed by atoms with Crippen molar-refractivity contribution in [3.63, 3.8) is 0 Å². The van der Waals surface area contributed by atoms with Crippen molar-refractivity contribution in [2.45, 2.75) is 19.4 Å². The van der Waals surface area contributed by atoms with E-state index in [1.807, 2.05) is 6.07 Å². The van der Waals surface area contributed by atoms with Crippen molar-refractivity contribution in [1.29, 1.82) is 0 Å². The van der Waals surface area contributed by atoms with Crippen molar-refractivity contribution in [1.82, 2.24) is 0 Å². The van der Waals surface area contributed by atoms with Crippen LogP contribution >= 0.6 is 0 Å². The van der Waals surface area contributed by atoms with E-state index < -0.39 is 0 Å². The molecule has 76 valence electrons. The lowest BCUT2D eigenvalue weighted by molar-refractivity contribution is 0.458. The van der Waals surface area contributed by atoms with Gasteiger partial charge in [-0.15, -0.1) is 0 Å². The second kappa shape index (κ2) is 3.50. The van der Waals surface area contributed by atoms with Crippen molar-refractivity contribution in [3.8, 4) is 5.75 Å². The maximum Gasteiger partial charge on any atom is 0.125 e. The minimum absolute atomic E-state index is 0.400. The van der Waals surface area contributed by atoms with Crippen LogP contribution in [0.3, 0.4) is 0 Å². The SMILES string of the molecule is CN1CCCc2c1ccc(CN)c2O. The zero-order valence-corrected chi connectivity index (χ0v) is 8.45. The van der Waals surface area contributed by atoms with Gasteiger partial charge in [-0.3, -0.25) is 0 Å². The normalized spacial score (nSPS) is 15.4. The topological polar surface area (TPSA) is 49.5 Å². The standard InChI is InChI=1S/C11H16N2O/c1-13-6-2-3-9-10(13)5-4-8(7-12)11(9)14/h4-5,14H,2-3,6-7,12H2,1H3. The lowest BCUT2D eigenvalue weighted by Gasteiger charge is -2.28. The first-order valence-electron chi connectivity index (χ1n) is 4.99. The zero-order chi connectivity index (χ0) is 10.1. The molecular formula is C11H16N2O. The quantitative estimate of drug-likeness (QED) is 0.703. The van der Waals surface area contributed by atoms with E-state index in [2.05, 4.69) is 18.0 Å². The molecule has 0 spiro atoms. The fraction of sp³-hybridized carbons (Fsp3) is 0.455. The predicted octanol–water partition coefficient (Wildman–Crippen LogP) is 1.23. The number of nitrogens with zero attached hydrogens (tertiary/aromatic N) is 1. The molecule has 1 aromatic rings. The van der Waals surface area contributed by atoms with Gasteiger partial charge >= 0.3 is 0 Å². The summed E-state index contributed by atoms with van der Waals surface area (Å²) in [7, 11) is 2.06. The number of nitrogens with two attached hydrogens (primary N) is 1. The van der Waals surface area contributed by atoms with Crippen LogP contribution < -0.4 is 10.6 Å². The Morgan fingerprint density at radius 1 is 1.50 bits per heavy atom. The van der Waals surface area contributed by atoms with Gasteiger partial charge in [0.25, 0.3) is 0 Å². The van der Waals surface area contributed by atoms with Gasteiger partial charge in [0.15, 0.2) is 0 Å². The first-order chi connectivity index (χ1) is 6.74. The number of hydrogen-bond donors (Lipinski definition) is 2. The summed E-state index contributed by atoms with van der Waals surface area (Å²) in [6.07, 6.45) is 2.06. The molecule has 1 aromatic carbocycles. The fourth-order valence-corrected chi connectivity index (χ4v) is 2.06. The molecule has 0 radical (unpaired) electrons. The molecule has 1 heterocycles. The molecule has 0 saturated heterocycles. The Bertz CT molecular complexity index is 349. The Morgan fingerprint density at radius 3 is 3.00 bits per heavy atom. The molecule has 0 aromatic heterocycles. The van der Waals surface area contributed by atoms with Crippen molar-refractivity contribution in [2.75, 3.05) is 18.5 Å². The molecule has 3 nitrogen and oxygen atoms in total. The number of fused-ring (bicyclic) bond motifs is 1. The number of benzene rings is 1. The average Bonchev–Trinajstić information content (AvgIpc) is 2.20. The lowest BCUT2D eigenvalue weighted by Crippen LogP contribution is -2.24. The van der Waals surface area contributed by atoms with Gasteiger partial charge < -0.3 is 15.7 Å². The van der Waals surface area contributed by atoms with Gasteiger partial charge in [0, 0.05) is 37.0 Å². The Balaban J connectivity index is 2.52. The van der Waals surface area contributed by atoms with Gasteiger partial charge in [0.2, 0.25) is 0 Å². The summed E-state index contributed by atoms with van der Waals surface area (Å²) >= 11 is 0. The van der Waals surface area contributed by atoms with E-state index in [0.29, 0.717) is 12.3 Å². The summed E-state index contributed by atoms with van der Waals surface area (Å²) in [6.45, 7) is 1.47. The molecule has 0 amide bonds. The van der Waals surface area contributed by atoms with Gasteiger partial charge in [-0.25, -0.2) is 0 Å². The van der Waals surface area contributed by atoms with Crippen LogP contribution in [0.2, 0.25) is 0 Å². The number of hydrogen-bond acceptors (Lipinski definition) is 3. The molecule has 0 bridgehead atoms. The van der Waals surface area contributed by atoms with E-state index in [0.717, 1.165) is 36.2 Å². The van der Waals surface area contributed by atoms with Crippen LogP contribution in [0, 0.1) is 0 Å². The summed E-state index contributed by atoms with van der Waals surface area (Å²) in [5.41, 5.74) is 8.59. The summed E-state index contributed by atoms with van der Waals surface area (Å²) in [6, 6.07) is 3.96. The summed E-state index contributed by atoms with van der Waals surface area (Å²) in [5, 5.41) is 9.95. The van der Waals surface area contributed by atoms with E-state index in [9.17, 15) is 5.11 Å². The van der Waals surface area contributed by atoms with Crippen molar-refractivity contribution >= 4 is 5.69 Å². The Labute approximate surface area is 84.1 Å². The molecule has 1 aliphatic rings. The smallest absolute Gasteiger partial charge is 0.125 e. The highest BCUT2D eigenvalue weighted by Crippen LogP contribution is 2.35. The van der Waals surface area contributed by atoms with Gasteiger partial charge in [-0.2, -0.15) is 0 Å². The lowest BCUT2D eigenvalue weighted by atomic mass is 9.98. The molecule has 3 heteroatoms. The molecule has 14 heavy (non-hydrogen) atoms. The molecule has 2 rings (SSSR count). The second-order valence-corrected chi connectivity index (χ2v) is 3.80. The fourth-order valence-electron chi connectivity index (χ4n) is 2.06. The maximum atomic E-state index is 9.95. The van der Waals surface area contributed by atoms with Crippen molar-refractivity contribution in [2.24, 2.45) is 5.73 Å². The zero-order valence-electron chi connectivity index (χ0n) is 8.45. The highest BCUT2D eigenvalue weighted by molar-refractivity contribution is 5.62. The number of phenols is 1. The number of anilines is 1. The Hall–Kier alpha value is -1.22. The Morgan fingerprint density at radius 2 is 2.29 bits per heavy atom. The maximum absolute atomic E-state index is 9.95. The summed E-state index contributed by atoms with van der Waals surface area (Å²) in [4.78, 5) is 2.18. The third-order valence-electron chi connectivity index (χ3n) is 2.89. The molecule has 3 N–H and O–H groups in total. The van der Waals surface area contributed by atoms with Gasteiger partial charge in [-0.1, -0.05) is 6.07 Å². The van der Waals surface area contributed by atoms with Crippen LogP contribution in [0.15, 0.2) is 12.1 Å². The first kappa shape index (κ1) is 9.34. The molecular weight excluding hydrogens is 176 g/mol. The third kappa shape index (κ3) is 1.34. The highest BCUT2D eigenvalue weighted by atomic mass is 16.3. The van der Waals surface area contributed by atoms with E-state index in [1.54, 1.807) is 0 Å². The van der Waals surface area contributed by atoms with Crippen LogP contribution in [0.4, 0.5) is 5.69 Å². The molecule has 0 fully saturated rings. The van der Waals surface area contributed by atoms with Gasteiger partial charge in [0.05, 0.1) is 0 Å². The molecule has 0 saturated carbocycles. The number of aromatic hydroxyl groups is 1.